The summed E-state index contributed by atoms with van der Waals surface area (Å²) in [5.41, 5.74) is -0.461. The quantitative estimate of drug-likeness (QED) is 0.665. The molecule has 0 aliphatic carbocycles. The van der Waals surface area contributed by atoms with E-state index >= 15 is 0 Å². The molecular formula is C12H22O6Si. The first-order chi connectivity index (χ1) is 9.20. The van der Waals surface area contributed by atoms with Crippen LogP contribution in [0.4, 0.5) is 0 Å². The van der Waals surface area contributed by atoms with Crippen LogP contribution in [0.25, 0.3) is 0 Å². The van der Waals surface area contributed by atoms with E-state index in [4.69, 9.17) is 27.5 Å². The van der Waals surface area contributed by atoms with Gasteiger partial charge in [-0.15, -0.1) is 0 Å². The molecule has 0 radical (unpaired) electrons. The van der Waals surface area contributed by atoms with E-state index in [1.807, 2.05) is 0 Å². The molecule has 0 amide bonds. The lowest BCUT2D eigenvalue weighted by Crippen LogP contribution is -2.85. The molecule has 3 aliphatic rings. The smallest absolute Gasteiger partial charge is 0.375 e. The van der Waals surface area contributed by atoms with Crippen LogP contribution in [0, 0.1) is 0 Å². The highest BCUT2D eigenvalue weighted by Crippen LogP contribution is 2.56. The van der Waals surface area contributed by atoms with Crippen LogP contribution in [0.1, 0.15) is 19.3 Å². The SMILES string of the molecule is CO[Si](OC)(OC)C1(C2(C3CCO3)CCO2)CCO1. The maximum absolute atomic E-state index is 6.00. The van der Waals surface area contributed by atoms with E-state index in [0.717, 1.165) is 32.5 Å². The van der Waals surface area contributed by atoms with Gasteiger partial charge in [-0.25, -0.2) is 0 Å². The molecular weight excluding hydrogens is 268 g/mol. The zero-order chi connectivity index (χ0) is 13.6. The first-order valence-corrected chi connectivity index (χ1v) is 8.48. The molecule has 0 aromatic carbocycles. The molecule has 3 heterocycles. The van der Waals surface area contributed by atoms with Crippen molar-refractivity contribution in [3.8, 4) is 0 Å². The molecule has 3 rings (SSSR count). The van der Waals surface area contributed by atoms with E-state index in [9.17, 15) is 0 Å². The Labute approximate surface area is 114 Å². The van der Waals surface area contributed by atoms with E-state index in [-0.39, 0.29) is 6.10 Å². The van der Waals surface area contributed by atoms with Crippen molar-refractivity contribution in [2.24, 2.45) is 0 Å². The van der Waals surface area contributed by atoms with E-state index in [1.165, 1.54) is 0 Å². The van der Waals surface area contributed by atoms with Gasteiger partial charge in [-0.05, 0) is 6.42 Å². The second kappa shape index (κ2) is 4.76. The van der Waals surface area contributed by atoms with Crippen molar-refractivity contribution in [2.45, 2.75) is 36.2 Å². The van der Waals surface area contributed by atoms with Gasteiger partial charge >= 0.3 is 8.80 Å². The van der Waals surface area contributed by atoms with Gasteiger partial charge < -0.3 is 27.5 Å². The largest absolute Gasteiger partial charge is 0.537 e. The van der Waals surface area contributed by atoms with Gasteiger partial charge in [0.15, 0.2) is 5.22 Å². The summed E-state index contributed by atoms with van der Waals surface area (Å²) in [5.74, 6) is 0. The molecule has 0 aromatic rings. The standard InChI is InChI=1S/C12H22O6Si/c1-13-19(14-2,15-3)12(6-9-18-12)11(5-8-17-11)10-4-7-16-10/h10H,4-9H2,1-3H3. The van der Waals surface area contributed by atoms with Crippen molar-refractivity contribution in [1.29, 1.82) is 0 Å². The highest BCUT2D eigenvalue weighted by Gasteiger charge is 2.79. The minimum Gasteiger partial charge on any atom is -0.375 e. The first kappa shape index (κ1) is 13.9. The van der Waals surface area contributed by atoms with Crippen LogP contribution in [0.2, 0.25) is 0 Å². The maximum Gasteiger partial charge on any atom is 0.537 e. The van der Waals surface area contributed by atoms with Crippen molar-refractivity contribution in [3.05, 3.63) is 0 Å². The summed E-state index contributed by atoms with van der Waals surface area (Å²) in [7, 11) is 1.90. The lowest BCUT2D eigenvalue weighted by Gasteiger charge is -2.65. The highest BCUT2D eigenvalue weighted by atomic mass is 28.4. The Hall–Kier alpha value is -0.0231. The Morgan fingerprint density at radius 2 is 1.47 bits per heavy atom. The summed E-state index contributed by atoms with van der Waals surface area (Å²) < 4.78 is 34.7. The monoisotopic (exact) mass is 290 g/mol. The van der Waals surface area contributed by atoms with Gasteiger partial charge in [0.2, 0.25) is 0 Å². The van der Waals surface area contributed by atoms with Crippen LogP contribution in [-0.4, -0.2) is 66.9 Å². The van der Waals surface area contributed by atoms with Crippen molar-refractivity contribution in [1.82, 2.24) is 0 Å². The van der Waals surface area contributed by atoms with Crippen molar-refractivity contribution in [3.63, 3.8) is 0 Å². The number of rotatable bonds is 6. The van der Waals surface area contributed by atoms with Gasteiger partial charge in [-0.1, -0.05) is 0 Å². The van der Waals surface area contributed by atoms with Crippen LogP contribution in [0.5, 0.6) is 0 Å². The fraction of sp³-hybridized carbons (Fsp3) is 1.00. The van der Waals surface area contributed by atoms with Crippen LogP contribution >= 0.6 is 0 Å². The van der Waals surface area contributed by atoms with E-state index in [2.05, 4.69) is 0 Å². The molecule has 3 atom stereocenters. The van der Waals surface area contributed by atoms with Crippen LogP contribution in [-0.2, 0) is 27.5 Å². The molecule has 3 aliphatic heterocycles. The van der Waals surface area contributed by atoms with Crippen molar-refractivity contribution in [2.75, 3.05) is 41.2 Å². The molecule has 0 spiro atoms. The van der Waals surface area contributed by atoms with Crippen molar-refractivity contribution < 1.29 is 27.5 Å². The first-order valence-electron chi connectivity index (χ1n) is 6.75. The molecule has 0 saturated carbocycles. The number of hydrogen-bond donors (Lipinski definition) is 0. The molecule has 3 unspecified atom stereocenters. The highest BCUT2D eigenvalue weighted by molar-refractivity contribution is 6.64. The summed E-state index contributed by atoms with van der Waals surface area (Å²) in [6, 6.07) is 0. The third-order valence-corrected chi connectivity index (χ3v) is 8.26. The fourth-order valence-corrected chi connectivity index (χ4v) is 6.70. The summed E-state index contributed by atoms with van der Waals surface area (Å²) in [5, 5.41) is -0.623. The number of hydrogen-bond acceptors (Lipinski definition) is 6. The molecule has 110 valence electrons. The molecule has 3 fully saturated rings. The fourth-order valence-electron chi connectivity index (χ4n) is 3.64. The Bertz CT molecular complexity index is 325. The molecule has 3 saturated heterocycles. The van der Waals surface area contributed by atoms with Crippen LogP contribution < -0.4 is 0 Å². The predicted molar refractivity (Wildman–Crippen MR) is 67.7 cm³/mol. The summed E-state index contributed by atoms with van der Waals surface area (Å²) in [4.78, 5) is 0. The zero-order valence-electron chi connectivity index (χ0n) is 11.8. The average molecular weight is 290 g/mol. The maximum atomic E-state index is 6.00. The second-order valence-electron chi connectivity index (χ2n) is 5.23. The lowest BCUT2D eigenvalue weighted by molar-refractivity contribution is -0.348. The Morgan fingerprint density at radius 3 is 1.68 bits per heavy atom. The van der Waals surface area contributed by atoms with Gasteiger partial charge in [0.1, 0.15) is 5.60 Å². The third-order valence-electron chi connectivity index (χ3n) is 4.84. The number of ether oxygens (including phenoxy) is 3. The average Bonchev–Trinajstić information content (AvgIpc) is 2.27. The zero-order valence-corrected chi connectivity index (χ0v) is 12.8. The Morgan fingerprint density at radius 1 is 0.947 bits per heavy atom. The Balaban J connectivity index is 1.97. The van der Waals surface area contributed by atoms with Gasteiger partial charge in [0.05, 0.1) is 19.3 Å². The third kappa shape index (κ3) is 1.52. The summed E-state index contributed by atoms with van der Waals surface area (Å²) in [6.45, 7) is 2.20. The molecule has 0 bridgehead atoms. The van der Waals surface area contributed by atoms with E-state index < -0.39 is 19.6 Å². The van der Waals surface area contributed by atoms with E-state index in [1.54, 1.807) is 21.3 Å². The summed E-state index contributed by atoms with van der Waals surface area (Å²) in [6.07, 6.45) is 2.79. The molecule has 7 heteroatoms. The minimum atomic E-state index is -2.96. The molecule has 0 N–H and O–H groups in total. The van der Waals surface area contributed by atoms with Crippen LogP contribution in [0.3, 0.4) is 0 Å². The van der Waals surface area contributed by atoms with E-state index in [0.29, 0.717) is 6.61 Å². The Kier molecular flexibility index (Phi) is 3.49. The van der Waals surface area contributed by atoms with Gasteiger partial charge in [0, 0.05) is 40.8 Å². The van der Waals surface area contributed by atoms with Crippen LogP contribution in [0.15, 0.2) is 0 Å². The summed E-state index contributed by atoms with van der Waals surface area (Å²) >= 11 is 0. The van der Waals surface area contributed by atoms with Gasteiger partial charge in [0.25, 0.3) is 0 Å². The van der Waals surface area contributed by atoms with Gasteiger partial charge in [-0.3, -0.25) is 0 Å². The molecule has 19 heavy (non-hydrogen) atoms. The van der Waals surface area contributed by atoms with Gasteiger partial charge in [-0.2, -0.15) is 0 Å². The second-order valence-corrected chi connectivity index (χ2v) is 8.37. The predicted octanol–water partition coefficient (Wildman–Crippen LogP) is 0.511. The lowest BCUT2D eigenvalue weighted by atomic mass is 9.76. The molecule has 0 aromatic heterocycles. The van der Waals surface area contributed by atoms with Crippen molar-refractivity contribution >= 4 is 8.80 Å². The topological polar surface area (TPSA) is 55.4 Å². The molecule has 6 nitrogen and oxygen atoms in total. The minimum absolute atomic E-state index is 0.0638. The normalized spacial score (nSPS) is 42.2.